The van der Waals surface area contributed by atoms with Crippen molar-refractivity contribution in [3.8, 4) is 17.6 Å². The average molecular weight is 464 g/mol. The molecule has 170 valence electrons. The number of nitrogens with two attached hydrogens (primary N) is 1. The molecule has 0 saturated carbocycles. The lowest BCUT2D eigenvalue weighted by Gasteiger charge is -2.15. The van der Waals surface area contributed by atoms with Crippen LogP contribution in [0.5, 0.6) is 11.5 Å². The summed E-state index contributed by atoms with van der Waals surface area (Å²) < 4.78 is 11.4. The van der Waals surface area contributed by atoms with Gasteiger partial charge in [0.15, 0.2) is 0 Å². The number of fused-ring (bicyclic) bond motifs is 1. The van der Waals surface area contributed by atoms with Crippen molar-refractivity contribution in [2.24, 2.45) is 4.99 Å². The Kier molecular flexibility index (Phi) is 8.11. The minimum Gasteiger partial charge on any atom is -0.492 e. The number of ether oxygens (including phenoxy) is 2. The molecule has 0 spiro atoms. The van der Waals surface area contributed by atoms with E-state index in [1.54, 1.807) is 31.3 Å². The molecule has 0 unspecified atom stereocenters. The Labute approximate surface area is 198 Å². The number of pyridine rings is 1. The molecule has 3 rings (SSSR count). The molecular formula is C25H26ClN5O2. The Hall–Kier alpha value is -3.76. The van der Waals surface area contributed by atoms with Crippen LogP contribution in [0, 0.1) is 11.3 Å². The number of hydrogen-bond donors (Lipinski definition) is 2. The second kappa shape index (κ2) is 11.2. The standard InChI is InChI=1S/C25H26ClN5O2/c1-4-6-7-18(29-3)15-33-23-9-8-17(10-20(23)26)31-25-16(13-27)14-30-22-12-24(32-5-2)21(28)11-19(22)25/h6-12,14H,4-5,15,28H2,1-3H3,(H,30,31)/b7-6-,29-18?. The summed E-state index contributed by atoms with van der Waals surface area (Å²) in [6.07, 6.45) is 6.40. The first-order valence-electron chi connectivity index (χ1n) is 10.6. The maximum absolute atomic E-state index is 9.62. The molecule has 33 heavy (non-hydrogen) atoms. The lowest BCUT2D eigenvalue weighted by Crippen LogP contribution is -2.09. The Morgan fingerprint density at radius 1 is 1.24 bits per heavy atom. The van der Waals surface area contributed by atoms with Crippen molar-refractivity contribution in [1.82, 2.24) is 4.98 Å². The lowest BCUT2D eigenvalue weighted by atomic mass is 10.1. The zero-order valence-electron chi connectivity index (χ0n) is 18.9. The number of nitrogens with zero attached hydrogens (tertiary/aromatic N) is 3. The minimum absolute atomic E-state index is 0.314. The van der Waals surface area contributed by atoms with Gasteiger partial charge in [-0.2, -0.15) is 5.26 Å². The van der Waals surface area contributed by atoms with Crippen LogP contribution in [0.1, 0.15) is 25.8 Å². The number of aliphatic imine (C=N–C) groups is 1. The largest absolute Gasteiger partial charge is 0.492 e. The van der Waals surface area contributed by atoms with E-state index in [2.05, 4.69) is 28.3 Å². The smallest absolute Gasteiger partial charge is 0.144 e. The van der Waals surface area contributed by atoms with E-state index < -0.39 is 0 Å². The predicted octanol–water partition coefficient (Wildman–Crippen LogP) is 5.90. The van der Waals surface area contributed by atoms with Crippen LogP contribution in [-0.2, 0) is 0 Å². The predicted molar refractivity (Wildman–Crippen MR) is 135 cm³/mol. The van der Waals surface area contributed by atoms with Crippen molar-refractivity contribution in [3.63, 3.8) is 0 Å². The van der Waals surface area contributed by atoms with Crippen molar-refractivity contribution in [2.45, 2.75) is 20.3 Å². The Morgan fingerprint density at radius 2 is 2.06 bits per heavy atom. The summed E-state index contributed by atoms with van der Waals surface area (Å²) in [5.41, 5.74) is 9.77. The van der Waals surface area contributed by atoms with Gasteiger partial charge in [0.25, 0.3) is 0 Å². The summed E-state index contributed by atoms with van der Waals surface area (Å²) >= 11 is 6.46. The van der Waals surface area contributed by atoms with Gasteiger partial charge in [-0.1, -0.05) is 24.6 Å². The molecule has 0 aliphatic rings. The third-order valence-electron chi connectivity index (χ3n) is 4.83. The highest BCUT2D eigenvalue weighted by molar-refractivity contribution is 6.32. The second-order valence-corrected chi connectivity index (χ2v) is 7.49. The fraction of sp³-hybridized carbons (Fsp3) is 0.240. The van der Waals surface area contributed by atoms with Crippen LogP contribution in [0.15, 0.2) is 53.7 Å². The molecule has 0 aliphatic carbocycles. The summed E-state index contributed by atoms with van der Waals surface area (Å²) in [6.45, 7) is 4.75. The molecule has 0 radical (unpaired) electrons. The number of halogens is 1. The lowest BCUT2D eigenvalue weighted by molar-refractivity contribution is 0.342. The molecule has 0 atom stereocenters. The number of benzene rings is 2. The van der Waals surface area contributed by atoms with Crippen LogP contribution in [-0.4, -0.2) is 31.0 Å². The average Bonchev–Trinajstić information content (AvgIpc) is 2.81. The summed E-state index contributed by atoms with van der Waals surface area (Å²) in [4.78, 5) is 8.59. The maximum atomic E-state index is 9.62. The van der Waals surface area contributed by atoms with Crippen molar-refractivity contribution in [2.75, 3.05) is 31.3 Å². The number of allylic oxidation sites excluding steroid dienone is 1. The third-order valence-corrected chi connectivity index (χ3v) is 5.13. The number of anilines is 3. The molecule has 0 bridgehead atoms. The van der Waals surface area contributed by atoms with E-state index in [4.69, 9.17) is 26.8 Å². The van der Waals surface area contributed by atoms with Gasteiger partial charge in [0, 0.05) is 30.4 Å². The molecule has 0 saturated heterocycles. The first kappa shape index (κ1) is 23.9. The van der Waals surface area contributed by atoms with Gasteiger partial charge in [0.05, 0.1) is 39.8 Å². The molecule has 0 fully saturated rings. The summed E-state index contributed by atoms with van der Waals surface area (Å²) in [7, 11) is 1.73. The topological polar surface area (TPSA) is 106 Å². The molecule has 3 N–H and O–H groups in total. The Morgan fingerprint density at radius 3 is 2.73 bits per heavy atom. The van der Waals surface area contributed by atoms with Gasteiger partial charge < -0.3 is 20.5 Å². The van der Waals surface area contributed by atoms with Crippen LogP contribution in [0.25, 0.3) is 10.9 Å². The quantitative estimate of drug-likeness (QED) is 0.302. The van der Waals surface area contributed by atoms with E-state index in [1.807, 2.05) is 25.1 Å². The van der Waals surface area contributed by atoms with E-state index >= 15 is 0 Å². The Bertz CT molecular complexity index is 1250. The summed E-state index contributed by atoms with van der Waals surface area (Å²) in [5.74, 6) is 1.10. The number of nitriles is 1. The molecule has 0 aliphatic heterocycles. The molecule has 1 heterocycles. The van der Waals surface area contributed by atoms with Crippen LogP contribution < -0.4 is 20.5 Å². The number of aromatic nitrogens is 1. The normalized spacial score (nSPS) is 11.5. The highest BCUT2D eigenvalue weighted by Crippen LogP contribution is 2.36. The molecule has 1 aromatic heterocycles. The molecule has 2 aromatic carbocycles. The van der Waals surface area contributed by atoms with Gasteiger partial charge in [0.1, 0.15) is 24.2 Å². The number of nitrogens with one attached hydrogen (secondary N) is 1. The van der Waals surface area contributed by atoms with Crippen molar-refractivity contribution in [1.29, 1.82) is 5.26 Å². The van der Waals surface area contributed by atoms with E-state index in [0.29, 0.717) is 63.3 Å². The molecule has 8 heteroatoms. The van der Waals surface area contributed by atoms with Gasteiger partial charge >= 0.3 is 0 Å². The monoisotopic (exact) mass is 463 g/mol. The van der Waals surface area contributed by atoms with E-state index in [0.717, 1.165) is 12.1 Å². The molecular weight excluding hydrogens is 438 g/mol. The van der Waals surface area contributed by atoms with Crippen molar-refractivity contribution in [3.05, 3.63) is 59.3 Å². The van der Waals surface area contributed by atoms with Crippen molar-refractivity contribution >= 4 is 45.3 Å². The van der Waals surface area contributed by atoms with Crippen LogP contribution in [0.3, 0.4) is 0 Å². The summed E-state index contributed by atoms with van der Waals surface area (Å²) in [5, 5.41) is 14.0. The molecule has 7 nitrogen and oxygen atoms in total. The van der Waals surface area contributed by atoms with E-state index in [1.165, 1.54) is 6.20 Å². The van der Waals surface area contributed by atoms with E-state index in [9.17, 15) is 5.26 Å². The number of nitrogen functional groups attached to an aromatic ring is 1. The highest BCUT2D eigenvalue weighted by atomic mass is 35.5. The van der Waals surface area contributed by atoms with E-state index in [-0.39, 0.29) is 0 Å². The fourth-order valence-electron chi connectivity index (χ4n) is 3.17. The van der Waals surface area contributed by atoms with Gasteiger partial charge in [-0.25, -0.2) is 0 Å². The maximum Gasteiger partial charge on any atom is 0.144 e. The molecule has 0 amide bonds. The minimum atomic E-state index is 0.314. The zero-order chi connectivity index (χ0) is 23.8. The first-order chi connectivity index (χ1) is 16.0. The SMILES string of the molecule is CC/C=C\C(COc1ccc(Nc2c(C#N)cnc3cc(OCC)c(N)cc23)cc1Cl)=NC. The van der Waals surface area contributed by atoms with Gasteiger partial charge in [-0.15, -0.1) is 0 Å². The van der Waals surface area contributed by atoms with Crippen molar-refractivity contribution < 1.29 is 9.47 Å². The van der Waals surface area contributed by atoms with Gasteiger partial charge in [0.2, 0.25) is 0 Å². The first-order valence-corrected chi connectivity index (χ1v) is 10.9. The number of hydrogen-bond acceptors (Lipinski definition) is 7. The van der Waals surface area contributed by atoms with Crippen LogP contribution in [0.4, 0.5) is 17.1 Å². The zero-order valence-corrected chi connectivity index (χ0v) is 19.6. The van der Waals surface area contributed by atoms with Crippen LogP contribution >= 0.6 is 11.6 Å². The van der Waals surface area contributed by atoms with Gasteiger partial charge in [-0.3, -0.25) is 9.98 Å². The second-order valence-electron chi connectivity index (χ2n) is 7.08. The van der Waals surface area contributed by atoms with Crippen LogP contribution in [0.2, 0.25) is 5.02 Å². The third kappa shape index (κ3) is 5.73. The fourth-order valence-corrected chi connectivity index (χ4v) is 3.40. The highest BCUT2D eigenvalue weighted by Gasteiger charge is 2.14. The summed E-state index contributed by atoms with van der Waals surface area (Å²) in [6, 6.07) is 11.0. The number of rotatable bonds is 9. The van der Waals surface area contributed by atoms with Gasteiger partial charge in [-0.05, 0) is 43.7 Å². The molecule has 3 aromatic rings. The Balaban J connectivity index is 1.89.